The van der Waals surface area contributed by atoms with E-state index in [4.69, 9.17) is 4.98 Å². The fraction of sp³-hybridized carbons (Fsp3) is 0.467. The maximum absolute atomic E-state index is 11.4. The van der Waals surface area contributed by atoms with Crippen LogP contribution in [0.15, 0.2) is 18.2 Å². The monoisotopic (exact) mass is 274 g/mol. The van der Waals surface area contributed by atoms with Crippen LogP contribution in [0, 0.1) is 0 Å². The summed E-state index contributed by atoms with van der Waals surface area (Å²) in [5.74, 6) is 0.660. The number of nitrogens with zero attached hydrogens (tertiary/aromatic N) is 2. The minimum atomic E-state index is 0.127. The average molecular weight is 274 g/mol. The van der Waals surface area contributed by atoms with Crippen LogP contribution < -0.4 is 0 Å². The summed E-state index contributed by atoms with van der Waals surface area (Å²) >= 11 is 1.51. The molecule has 0 N–H and O–H groups in total. The zero-order valence-electron chi connectivity index (χ0n) is 11.3. The molecular formula is C15H18N2OS. The van der Waals surface area contributed by atoms with Gasteiger partial charge < -0.3 is 4.90 Å². The number of pyridine rings is 1. The summed E-state index contributed by atoms with van der Waals surface area (Å²) < 4.78 is 0. The molecule has 1 aliphatic rings. The Bertz CT molecular complexity index is 620. The lowest BCUT2D eigenvalue weighted by Gasteiger charge is -2.29. The van der Waals surface area contributed by atoms with Gasteiger partial charge in [-0.05, 0) is 45.5 Å². The number of fused-ring (bicyclic) bond motifs is 1. The molecule has 3 rings (SSSR count). The molecule has 0 aromatic carbocycles. The van der Waals surface area contributed by atoms with Crippen LogP contribution in [0.3, 0.4) is 0 Å². The standard InChI is InChI=1S/C15H18N2OS/c1-10(18)14-8-11-5-6-13(16-15(11)19-14)12-4-3-7-17(2)9-12/h5-6,8,12H,3-4,7,9H2,1-2H3/t12-/m1/s1. The van der Waals surface area contributed by atoms with Crippen LogP contribution >= 0.6 is 11.3 Å². The molecule has 3 heterocycles. The normalized spacial score (nSPS) is 20.8. The van der Waals surface area contributed by atoms with Crippen LogP contribution in [0.5, 0.6) is 0 Å². The van der Waals surface area contributed by atoms with Crippen molar-refractivity contribution in [3.63, 3.8) is 0 Å². The van der Waals surface area contributed by atoms with E-state index >= 15 is 0 Å². The molecule has 1 saturated heterocycles. The Morgan fingerprint density at radius 3 is 3.05 bits per heavy atom. The van der Waals surface area contributed by atoms with Crippen molar-refractivity contribution in [3.8, 4) is 0 Å². The number of piperidine rings is 1. The van der Waals surface area contributed by atoms with E-state index in [9.17, 15) is 4.79 Å². The summed E-state index contributed by atoms with van der Waals surface area (Å²) in [6, 6.07) is 6.18. The minimum absolute atomic E-state index is 0.127. The van der Waals surface area contributed by atoms with Gasteiger partial charge in [-0.15, -0.1) is 11.3 Å². The van der Waals surface area contributed by atoms with E-state index in [1.54, 1.807) is 6.92 Å². The van der Waals surface area contributed by atoms with Gasteiger partial charge in [0.05, 0.1) is 4.88 Å². The second-order valence-electron chi connectivity index (χ2n) is 5.40. The van der Waals surface area contributed by atoms with Gasteiger partial charge >= 0.3 is 0 Å². The van der Waals surface area contributed by atoms with E-state index in [0.29, 0.717) is 5.92 Å². The van der Waals surface area contributed by atoms with E-state index in [1.807, 2.05) is 6.07 Å². The van der Waals surface area contributed by atoms with Gasteiger partial charge in [-0.1, -0.05) is 6.07 Å². The lowest BCUT2D eigenvalue weighted by Crippen LogP contribution is -2.31. The topological polar surface area (TPSA) is 33.2 Å². The SMILES string of the molecule is CC(=O)c1cc2ccc([C@@H]3CCCN(C)C3)nc2s1. The zero-order valence-corrected chi connectivity index (χ0v) is 12.2. The molecule has 100 valence electrons. The molecular weight excluding hydrogens is 256 g/mol. The van der Waals surface area contributed by atoms with Crippen molar-refractivity contribution in [1.82, 2.24) is 9.88 Å². The Hall–Kier alpha value is -1.26. The van der Waals surface area contributed by atoms with Crippen LogP contribution in [-0.2, 0) is 0 Å². The highest BCUT2D eigenvalue weighted by Crippen LogP contribution is 2.29. The maximum atomic E-state index is 11.4. The van der Waals surface area contributed by atoms with Gasteiger partial charge in [-0.3, -0.25) is 4.79 Å². The average Bonchev–Trinajstić information content (AvgIpc) is 2.81. The maximum Gasteiger partial charge on any atom is 0.169 e. The van der Waals surface area contributed by atoms with E-state index < -0.39 is 0 Å². The number of Topliss-reactive ketones (excluding diaryl/α,β-unsaturated/α-hetero) is 1. The number of ketones is 1. The van der Waals surface area contributed by atoms with E-state index in [0.717, 1.165) is 21.6 Å². The molecule has 1 fully saturated rings. The van der Waals surface area contributed by atoms with Crippen molar-refractivity contribution < 1.29 is 4.79 Å². The predicted molar refractivity (Wildman–Crippen MR) is 79.1 cm³/mol. The number of thiophene rings is 1. The number of aromatic nitrogens is 1. The molecule has 2 aromatic heterocycles. The molecule has 0 spiro atoms. The summed E-state index contributed by atoms with van der Waals surface area (Å²) in [6.07, 6.45) is 2.46. The van der Waals surface area contributed by atoms with Gasteiger partial charge in [-0.25, -0.2) is 4.98 Å². The van der Waals surface area contributed by atoms with Crippen molar-refractivity contribution in [1.29, 1.82) is 0 Å². The van der Waals surface area contributed by atoms with Crippen molar-refractivity contribution in [2.45, 2.75) is 25.7 Å². The lowest BCUT2D eigenvalue weighted by atomic mass is 9.94. The Morgan fingerprint density at radius 1 is 1.47 bits per heavy atom. The lowest BCUT2D eigenvalue weighted by molar-refractivity contribution is 0.102. The molecule has 0 saturated carbocycles. The minimum Gasteiger partial charge on any atom is -0.306 e. The first kappa shape index (κ1) is 12.8. The molecule has 19 heavy (non-hydrogen) atoms. The zero-order chi connectivity index (χ0) is 13.4. The Kier molecular flexibility index (Phi) is 3.37. The predicted octanol–water partition coefficient (Wildman–Crippen LogP) is 3.31. The van der Waals surface area contributed by atoms with E-state index in [1.165, 1.54) is 36.4 Å². The molecule has 0 bridgehead atoms. The van der Waals surface area contributed by atoms with Crippen LogP contribution in [-0.4, -0.2) is 35.8 Å². The van der Waals surface area contributed by atoms with Gasteiger partial charge in [-0.2, -0.15) is 0 Å². The first-order valence-corrected chi connectivity index (χ1v) is 7.55. The molecule has 1 aliphatic heterocycles. The fourth-order valence-corrected chi connectivity index (χ4v) is 3.67. The summed E-state index contributed by atoms with van der Waals surface area (Å²) in [5.41, 5.74) is 1.18. The quantitative estimate of drug-likeness (QED) is 0.788. The number of hydrogen-bond donors (Lipinski definition) is 0. The second-order valence-corrected chi connectivity index (χ2v) is 6.43. The summed E-state index contributed by atoms with van der Waals surface area (Å²) in [5, 5.41) is 1.09. The first-order chi connectivity index (χ1) is 9.13. The summed E-state index contributed by atoms with van der Waals surface area (Å²) in [4.78, 5) is 20.4. The van der Waals surface area contributed by atoms with Crippen molar-refractivity contribution in [2.24, 2.45) is 0 Å². The van der Waals surface area contributed by atoms with Gasteiger partial charge in [0.1, 0.15) is 4.83 Å². The number of likely N-dealkylation sites (N-methyl/N-ethyl adjacent to an activating group) is 1. The molecule has 0 amide bonds. The third kappa shape index (κ3) is 2.55. The molecule has 0 aliphatic carbocycles. The smallest absolute Gasteiger partial charge is 0.169 e. The van der Waals surface area contributed by atoms with Crippen molar-refractivity contribution >= 4 is 27.3 Å². The van der Waals surface area contributed by atoms with Gasteiger partial charge in [0, 0.05) is 23.5 Å². The highest BCUT2D eigenvalue weighted by atomic mass is 32.1. The molecule has 0 radical (unpaired) electrons. The number of likely N-dealkylation sites (tertiary alicyclic amines) is 1. The summed E-state index contributed by atoms with van der Waals surface area (Å²) in [7, 11) is 2.17. The van der Waals surface area contributed by atoms with Crippen LogP contribution in [0.2, 0.25) is 0 Å². The third-order valence-electron chi connectivity index (χ3n) is 3.79. The summed E-state index contributed by atoms with van der Waals surface area (Å²) in [6.45, 7) is 3.89. The highest BCUT2D eigenvalue weighted by Gasteiger charge is 2.20. The number of hydrogen-bond acceptors (Lipinski definition) is 4. The molecule has 0 unspecified atom stereocenters. The Labute approximate surface area is 117 Å². The Balaban J connectivity index is 1.94. The van der Waals surface area contributed by atoms with E-state index in [2.05, 4.69) is 24.1 Å². The van der Waals surface area contributed by atoms with Crippen molar-refractivity contribution in [3.05, 3.63) is 28.8 Å². The first-order valence-electron chi connectivity index (χ1n) is 6.73. The largest absolute Gasteiger partial charge is 0.306 e. The molecule has 1 atom stereocenters. The second kappa shape index (κ2) is 5.02. The molecule has 2 aromatic rings. The van der Waals surface area contributed by atoms with E-state index in [-0.39, 0.29) is 5.78 Å². The van der Waals surface area contributed by atoms with Crippen molar-refractivity contribution in [2.75, 3.05) is 20.1 Å². The fourth-order valence-electron chi connectivity index (χ4n) is 2.74. The van der Waals surface area contributed by atoms with Crippen LogP contribution in [0.4, 0.5) is 0 Å². The Morgan fingerprint density at radius 2 is 2.32 bits per heavy atom. The highest BCUT2D eigenvalue weighted by molar-refractivity contribution is 7.20. The van der Waals surface area contributed by atoms with Crippen LogP contribution in [0.25, 0.3) is 10.2 Å². The number of rotatable bonds is 2. The molecule has 3 nitrogen and oxygen atoms in total. The number of carbonyl (C=O) groups is 1. The number of carbonyl (C=O) groups excluding carboxylic acids is 1. The van der Waals surface area contributed by atoms with Gasteiger partial charge in [0.25, 0.3) is 0 Å². The van der Waals surface area contributed by atoms with Gasteiger partial charge in [0.2, 0.25) is 0 Å². The molecule has 4 heteroatoms. The van der Waals surface area contributed by atoms with Gasteiger partial charge in [0.15, 0.2) is 5.78 Å². The van der Waals surface area contributed by atoms with Crippen LogP contribution in [0.1, 0.15) is 41.0 Å². The third-order valence-corrected chi connectivity index (χ3v) is 4.94.